The molecule has 2 aromatic heterocycles. The third-order valence-electron chi connectivity index (χ3n) is 5.45. The van der Waals surface area contributed by atoms with Gasteiger partial charge in [-0.1, -0.05) is 11.3 Å². The van der Waals surface area contributed by atoms with Gasteiger partial charge in [0, 0.05) is 38.4 Å². The molecule has 0 bridgehead atoms. The highest BCUT2D eigenvalue weighted by molar-refractivity contribution is 7.22. The maximum Gasteiger partial charge on any atom is 0.280 e. The Kier molecular flexibility index (Phi) is 7.39. The van der Waals surface area contributed by atoms with E-state index in [1.54, 1.807) is 11.0 Å². The van der Waals surface area contributed by atoms with Crippen molar-refractivity contribution in [2.45, 2.75) is 33.2 Å². The Morgan fingerprint density at radius 3 is 2.81 bits per heavy atom. The van der Waals surface area contributed by atoms with Crippen LogP contribution in [0, 0.1) is 0 Å². The number of benzene rings is 1. The lowest BCUT2D eigenvalue weighted by Crippen LogP contribution is -2.39. The van der Waals surface area contributed by atoms with E-state index < -0.39 is 0 Å². The number of carbonyl (C=O) groups excluding carboxylic acids is 1. The van der Waals surface area contributed by atoms with Gasteiger partial charge in [0.25, 0.3) is 5.91 Å². The Labute approximate surface area is 192 Å². The number of nitrogens with zero attached hydrogens (tertiary/aromatic N) is 5. The minimum absolute atomic E-state index is 0.115. The monoisotopic (exact) mass is 457 g/mol. The normalized spacial score (nSPS) is 14.9. The number of hydrogen-bond donors (Lipinski definition) is 0. The molecule has 0 unspecified atom stereocenters. The fourth-order valence-electron chi connectivity index (χ4n) is 3.70. The topological polar surface area (TPSA) is 72.7 Å². The molecule has 0 aliphatic carbocycles. The second-order valence-electron chi connectivity index (χ2n) is 8.10. The molecule has 1 aliphatic heterocycles. The van der Waals surface area contributed by atoms with Gasteiger partial charge in [-0.15, -0.1) is 0 Å². The summed E-state index contributed by atoms with van der Waals surface area (Å²) in [5.41, 5.74) is 1.31. The van der Waals surface area contributed by atoms with Crippen molar-refractivity contribution in [1.82, 2.24) is 19.7 Å². The minimum atomic E-state index is -0.115. The van der Waals surface area contributed by atoms with Crippen molar-refractivity contribution in [2.24, 2.45) is 0 Å². The first-order valence-corrected chi connectivity index (χ1v) is 12.1. The summed E-state index contributed by atoms with van der Waals surface area (Å²) in [6.07, 6.45) is 2.72. The van der Waals surface area contributed by atoms with E-state index in [-0.39, 0.29) is 11.9 Å². The van der Waals surface area contributed by atoms with Gasteiger partial charge in [-0.05, 0) is 51.5 Å². The standard InChI is InChI=1S/C23H31N5O3S/c1-4-31-18-6-7-19-21(16-18)32-23(24-19)27(10-5-9-26-12-14-30-15-13-26)22(29)20-8-11-28(25-20)17(2)3/h6-8,11,16-17H,4-5,9-10,12-15H2,1-3H3. The van der Waals surface area contributed by atoms with Gasteiger partial charge >= 0.3 is 0 Å². The Hall–Kier alpha value is -2.49. The van der Waals surface area contributed by atoms with Gasteiger partial charge in [-0.3, -0.25) is 19.3 Å². The molecule has 8 nitrogen and oxygen atoms in total. The van der Waals surface area contributed by atoms with Crippen LogP contribution in [0.15, 0.2) is 30.5 Å². The van der Waals surface area contributed by atoms with Crippen LogP contribution >= 0.6 is 11.3 Å². The number of carbonyl (C=O) groups is 1. The molecule has 1 amide bonds. The summed E-state index contributed by atoms with van der Waals surface area (Å²) in [7, 11) is 0. The number of amides is 1. The molecule has 0 N–H and O–H groups in total. The number of aromatic nitrogens is 3. The zero-order chi connectivity index (χ0) is 22.5. The average molecular weight is 458 g/mol. The molecule has 32 heavy (non-hydrogen) atoms. The molecule has 9 heteroatoms. The molecular weight excluding hydrogens is 426 g/mol. The van der Waals surface area contributed by atoms with E-state index in [1.807, 2.05) is 49.8 Å². The Balaban J connectivity index is 1.56. The van der Waals surface area contributed by atoms with Crippen LogP contribution in [0.4, 0.5) is 5.13 Å². The Morgan fingerprint density at radius 1 is 1.28 bits per heavy atom. The molecule has 4 rings (SSSR count). The van der Waals surface area contributed by atoms with Gasteiger partial charge < -0.3 is 9.47 Å². The van der Waals surface area contributed by atoms with Crippen molar-refractivity contribution < 1.29 is 14.3 Å². The summed E-state index contributed by atoms with van der Waals surface area (Å²) < 4.78 is 13.9. The SMILES string of the molecule is CCOc1ccc2nc(N(CCCN3CCOCC3)C(=O)c3ccn(C(C)C)n3)sc2c1. The maximum atomic E-state index is 13.5. The van der Waals surface area contributed by atoms with E-state index in [2.05, 4.69) is 10.00 Å². The maximum absolute atomic E-state index is 13.5. The number of rotatable bonds is 9. The molecule has 1 saturated heterocycles. The summed E-state index contributed by atoms with van der Waals surface area (Å²) in [4.78, 5) is 22.4. The van der Waals surface area contributed by atoms with Crippen molar-refractivity contribution in [2.75, 3.05) is 50.9 Å². The summed E-state index contributed by atoms with van der Waals surface area (Å²) >= 11 is 1.51. The molecule has 0 spiro atoms. The number of thiazole rings is 1. The van der Waals surface area contributed by atoms with Gasteiger partial charge in [-0.25, -0.2) is 4.98 Å². The van der Waals surface area contributed by atoms with Crippen LogP contribution in [0.3, 0.4) is 0 Å². The first kappa shape index (κ1) is 22.7. The summed E-state index contributed by atoms with van der Waals surface area (Å²) in [6, 6.07) is 7.85. The van der Waals surface area contributed by atoms with Crippen molar-refractivity contribution in [3.05, 3.63) is 36.2 Å². The van der Waals surface area contributed by atoms with Gasteiger partial charge in [-0.2, -0.15) is 5.10 Å². The third kappa shape index (κ3) is 5.28. The van der Waals surface area contributed by atoms with Crippen molar-refractivity contribution >= 4 is 32.6 Å². The number of ether oxygens (including phenoxy) is 2. The van der Waals surface area contributed by atoms with E-state index >= 15 is 0 Å². The molecular formula is C23H31N5O3S. The first-order chi connectivity index (χ1) is 15.5. The van der Waals surface area contributed by atoms with Crippen LogP contribution < -0.4 is 9.64 Å². The van der Waals surface area contributed by atoms with Gasteiger partial charge in [0.05, 0.1) is 30.0 Å². The smallest absolute Gasteiger partial charge is 0.280 e. The predicted octanol–water partition coefficient (Wildman–Crippen LogP) is 3.84. The molecule has 0 atom stereocenters. The lowest BCUT2D eigenvalue weighted by atomic mass is 10.3. The van der Waals surface area contributed by atoms with E-state index in [1.165, 1.54) is 11.3 Å². The number of fused-ring (bicyclic) bond motifs is 1. The van der Waals surface area contributed by atoms with E-state index in [4.69, 9.17) is 14.5 Å². The molecule has 0 radical (unpaired) electrons. The molecule has 172 valence electrons. The number of morpholine rings is 1. The fraction of sp³-hybridized carbons (Fsp3) is 0.522. The lowest BCUT2D eigenvalue weighted by molar-refractivity contribution is 0.0376. The van der Waals surface area contributed by atoms with E-state index in [0.29, 0.717) is 24.0 Å². The minimum Gasteiger partial charge on any atom is -0.494 e. The van der Waals surface area contributed by atoms with Gasteiger partial charge in [0.15, 0.2) is 10.8 Å². The van der Waals surface area contributed by atoms with Crippen LogP contribution in [-0.2, 0) is 4.74 Å². The zero-order valence-corrected chi connectivity index (χ0v) is 19.8. The van der Waals surface area contributed by atoms with Crippen molar-refractivity contribution in [3.8, 4) is 5.75 Å². The Bertz CT molecular complexity index is 1040. The first-order valence-electron chi connectivity index (χ1n) is 11.3. The molecule has 1 aromatic carbocycles. The molecule has 1 fully saturated rings. The second kappa shape index (κ2) is 10.4. The molecule has 3 aromatic rings. The highest BCUT2D eigenvalue weighted by Crippen LogP contribution is 2.32. The van der Waals surface area contributed by atoms with Crippen LogP contribution in [0.2, 0.25) is 0 Å². The second-order valence-corrected chi connectivity index (χ2v) is 9.11. The van der Waals surface area contributed by atoms with E-state index in [9.17, 15) is 4.79 Å². The highest BCUT2D eigenvalue weighted by Gasteiger charge is 2.24. The van der Waals surface area contributed by atoms with Crippen molar-refractivity contribution in [1.29, 1.82) is 0 Å². The molecule has 3 heterocycles. The third-order valence-corrected chi connectivity index (χ3v) is 6.49. The van der Waals surface area contributed by atoms with Crippen LogP contribution in [0.5, 0.6) is 5.75 Å². The number of hydrogen-bond acceptors (Lipinski definition) is 7. The van der Waals surface area contributed by atoms with Crippen molar-refractivity contribution in [3.63, 3.8) is 0 Å². The Morgan fingerprint density at radius 2 is 2.09 bits per heavy atom. The number of anilines is 1. The molecule has 1 aliphatic rings. The quantitative estimate of drug-likeness (QED) is 0.486. The average Bonchev–Trinajstić information content (AvgIpc) is 3.44. The molecule has 0 saturated carbocycles. The van der Waals surface area contributed by atoms with Crippen LogP contribution in [0.1, 0.15) is 43.7 Å². The van der Waals surface area contributed by atoms with E-state index in [0.717, 1.165) is 55.2 Å². The lowest BCUT2D eigenvalue weighted by Gasteiger charge is -2.27. The summed E-state index contributed by atoms with van der Waals surface area (Å²) in [5, 5.41) is 5.20. The summed E-state index contributed by atoms with van der Waals surface area (Å²) in [6.45, 7) is 11.6. The fourth-order valence-corrected chi connectivity index (χ4v) is 4.72. The summed E-state index contributed by atoms with van der Waals surface area (Å²) in [5.74, 6) is 0.700. The highest BCUT2D eigenvalue weighted by atomic mass is 32.1. The predicted molar refractivity (Wildman–Crippen MR) is 127 cm³/mol. The van der Waals surface area contributed by atoms with Gasteiger partial charge in [0.1, 0.15) is 5.75 Å². The van der Waals surface area contributed by atoms with Crippen LogP contribution in [0.25, 0.3) is 10.2 Å². The van der Waals surface area contributed by atoms with Crippen LogP contribution in [-0.4, -0.2) is 71.6 Å². The zero-order valence-electron chi connectivity index (χ0n) is 19.0. The van der Waals surface area contributed by atoms with Gasteiger partial charge in [0.2, 0.25) is 0 Å². The largest absolute Gasteiger partial charge is 0.494 e.